The van der Waals surface area contributed by atoms with Crippen LogP contribution in [-0.2, 0) is 14.3 Å². The summed E-state index contributed by atoms with van der Waals surface area (Å²) < 4.78 is 22.8. The molecule has 1 amide bonds. The van der Waals surface area contributed by atoms with Gasteiger partial charge in [0.25, 0.3) is 11.7 Å². The number of unbranched alkanes of at least 4 members (excludes halogenated alkanes) is 1. The normalized spacial score (nSPS) is 19.0. The highest BCUT2D eigenvalue weighted by molar-refractivity contribution is 6.46. The number of morpholine rings is 1. The summed E-state index contributed by atoms with van der Waals surface area (Å²) in [6.45, 7) is 10.9. The number of ether oxygens (including phenoxy) is 4. The van der Waals surface area contributed by atoms with Gasteiger partial charge in [-0.15, -0.1) is 0 Å². The molecule has 2 fully saturated rings. The minimum absolute atomic E-state index is 0.0558. The van der Waals surface area contributed by atoms with Crippen LogP contribution < -0.4 is 14.2 Å². The van der Waals surface area contributed by atoms with Crippen LogP contribution >= 0.6 is 0 Å². The smallest absolute Gasteiger partial charge is 0.295 e. The molecule has 4 rings (SSSR count). The molecule has 2 aromatic rings. The lowest BCUT2D eigenvalue weighted by Gasteiger charge is -2.31. The molecule has 2 aliphatic rings. The number of aliphatic hydroxyl groups excluding tert-OH is 1. The van der Waals surface area contributed by atoms with E-state index in [-0.39, 0.29) is 11.3 Å². The van der Waals surface area contributed by atoms with E-state index >= 15 is 0 Å². The van der Waals surface area contributed by atoms with Gasteiger partial charge in [0.15, 0.2) is 11.5 Å². The van der Waals surface area contributed by atoms with E-state index in [4.69, 9.17) is 18.9 Å². The molecule has 0 spiro atoms. The van der Waals surface area contributed by atoms with E-state index in [2.05, 4.69) is 11.8 Å². The largest absolute Gasteiger partial charge is 0.507 e. The summed E-state index contributed by atoms with van der Waals surface area (Å²) >= 11 is 0. The van der Waals surface area contributed by atoms with Gasteiger partial charge in [0.2, 0.25) is 0 Å². The molecule has 0 aromatic heterocycles. The Bertz CT molecular complexity index is 1250. The van der Waals surface area contributed by atoms with Gasteiger partial charge in [-0.05, 0) is 61.2 Å². The zero-order chi connectivity index (χ0) is 29.4. The van der Waals surface area contributed by atoms with Gasteiger partial charge in [-0.2, -0.15) is 0 Å². The molecule has 0 aliphatic carbocycles. The first-order valence-electron chi connectivity index (χ1n) is 14.5. The number of aliphatic hydroxyl groups is 1. The number of aryl methyl sites for hydroxylation is 1. The van der Waals surface area contributed by atoms with Gasteiger partial charge >= 0.3 is 0 Å². The standard InChI is InChI=1S/C32H42N2O7/c1-5-7-17-41-26-11-8-23(21-27(26)38-4)29-28(30(35)24-9-10-25(22(3)20-24)40-16-6-2)31(36)32(37)34(29)13-12-33-14-18-39-19-15-33/h8-11,20-21,29,35H,5-7,12-19H2,1-4H3/b30-28+. The highest BCUT2D eigenvalue weighted by atomic mass is 16.5. The van der Waals surface area contributed by atoms with E-state index in [9.17, 15) is 14.7 Å². The minimum atomic E-state index is -0.786. The number of hydrogen-bond acceptors (Lipinski definition) is 8. The Labute approximate surface area is 242 Å². The Morgan fingerprint density at radius 2 is 1.68 bits per heavy atom. The van der Waals surface area contributed by atoms with Crippen LogP contribution in [0.2, 0.25) is 0 Å². The van der Waals surface area contributed by atoms with Crippen LogP contribution in [0.15, 0.2) is 42.0 Å². The Morgan fingerprint density at radius 1 is 0.951 bits per heavy atom. The number of methoxy groups -OCH3 is 1. The maximum atomic E-state index is 13.5. The van der Waals surface area contributed by atoms with E-state index in [1.165, 1.54) is 0 Å². The van der Waals surface area contributed by atoms with Crippen molar-refractivity contribution in [2.45, 2.75) is 46.1 Å². The minimum Gasteiger partial charge on any atom is -0.507 e. The van der Waals surface area contributed by atoms with Crippen molar-refractivity contribution in [1.82, 2.24) is 9.80 Å². The maximum absolute atomic E-state index is 13.5. The number of amides is 1. The topological polar surface area (TPSA) is 97.8 Å². The van der Waals surface area contributed by atoms with E-state index in [0.29, 0.717) is 67.9 Å². The van der Waals surface area contributed by atoms with E-state index in [1.54, 1.807) is 42.3 Å². The molecule has 2 heterocycles. The summed E-state index contributed by atoms with van der Waals surface area (Å²) in [5.41, 5.74) is 2.00. The molecular weight excluding hydrogens is 524 g/mol. The fourth-order valence-electron chi connectivity index (χ4n) is 5.16. The number of Topliss-reactive ketones (excluding diaryl/α,β-unsaturated/α-hetero) is 1. The lowest BCUT2D eigenvalue weighted by Crippen LogP contribution is -2.42. The molecule has 0 bridgehead atoms. The number of carbonyl (C=O) groups excluding carboxylic acids is 2. The molecule has 222 valence electrons. The van der Waals surface area contributed by atoms with Gasteiger partial charge < -0.3 is 29.0 Å². The quantitative estimate of drug-likeness (QED) is 0.161. The first kappa shape index (κ1) is 30.4. The molecule has 2 aromatic carbocycles. The molecule has 2 aliphatic heterocycles. The number of ketones is 1. The summed E-state index contributed by atoms with van der Waals surface area (Å²) in [5.74, 6) is 0.259. The third kappa shape index (κ3) is 7.02. The summed E-state index contributed by atoms with van der Waals surface area (Å²) in [6.07, 6.45) is 2.79. The molecule has 41 heavy (non-hydrogen) atoms. The monoisotopic (exact) mass is 566 g/mol. The molecule has 1 unspecified atom stereocenters. The Balaban J connectivity index is 1.74. The van der Waals surface area contributed by atoms with Crippen LogP contribution in [0.5, 0.6) is 17.2 Å². The number of nitrogens with zero attached hydrogens (tertiary/aromatic N) is 2. The summed E-state index contributed by atoms with van der Waals surface area (Å²) in [5, 5.41) is 11.5. The maximum Gasteiger partial charge on any atom is 0.295 e. The third-order valence-corrected chi connectivity index (χ3v) is 7.47. The van der Waals surface area contributed by atoms with Crippen LogP contribution in [-0.4, -0.2) is 86.3 Å². The van der Waals surface area contributed by atoms with Gasteiger partial charge in [-0.25, -0.2) is 0 Å². The Kier molecular flexibility index (Phi) is 10.7. The second kappa shape index (κ2) is 14.4. The average Bonchev–Trinajstić information content (AvgIpc) is 3.24. The second-order valence-electron chi connectivity index (χ2n) is 10.4. The van der Waals surface area contributed by atoms with Crippen molar-refractivity contribution in [3.05, 3.63) is 58.7 Å². The summed E-state index contributed by atoms with van der Waals surface area (Å²) in [6, 6.07) is 9.93. The van der Waals surface area contributed by atoms with Crippen molar-refractivity contribution >= 4 is 17.4 Å². The van der Waals surface area contributed by atoms with Gasteiger partial charge in [-0.1, -0.05) is 26.3 Å². The van der Waals surface area contributed by atoms with Crippen LogP contribution in [0.4, 0.5) is 0 Å². The predicted octanol–water partition coefficient (Wildman–Crippen LogP) is 4.73. The van der Waals surface area contributed by atoms with Crippen molar-refractivity contribution in [2.75, 3.05) is 59.7 Å². The van der Waals surface area contributed by atoms with Crippen molar-refractivity contribution < 1.29 is 33.6 Å². The molecule has 1 N–H and O–H groups in total. The number of hydrogen-bond donors (Lipinski definition) is 1. The van der Waals surface area contributed by atoms with Gasteiger partial charge in [0, 0.05) is 31.7 Å². The molecular formula is C32H42N2O7. The number of carbonyl (C=O) groups is 2. The Hall–Kier alpha value is -3.56. The van der Waals surface area contributed by atoms with Gasteiger partial charge in [0.1, 0.15) is 11.5 Å². The van der Waals surface area contributed by atoms with Gasteiger partial charge in [-0.3, -0.25) is 14.5 Å². The zero-order valence-electron chi connectivity index (χ0n) is 24.6. The summed E-state index contributed by atoms with van der Waals surface area (Å²) in [7, 11) is 1.56. The SMILES string of the molecule is CCCCOc1ccc(C2/C(=C(\O)c3ccc(OCCC)c(C)c3)C(=O)C(=O)N2CCN2CCOCC2)cc1OC. The van der Waals surface area contributed by atoms with E-state index in [1.807, 2.05) is 19.9 Å². The van der Waals surface area contributed by atoms with Crippen molar-refractivity contribution in [3.8, 4) is 17.2 Å². The first-order chi connectivity index (χ1) is 19.9. The fourth-order valence-corrected chi connectivity index (χ4v) is 5.16. The third-order valence-electron chi connectivity index (χ3n) is 7.47. The van der Waals surface area contributed by atoms with Crippen LogP contribution in [0.25, 0.3) is 5.76 Å². The molecule has 9 nitrogen and oxygen atoms in total. The molecule has 0 saturated carbocycles. The fraction of sp³-hybridized carbons (Fsp3) is 0.500. The van der Waals surface area contributed by atoms with Crippen molar-refractivity contribution in [1.29, 1.82) is 0 Å². The molecule has 9 heteroatoms. The summed E-state index contributed by atoms with van der Waals surface area (Å²) in [4.78, 5) is 30.8. The number of likely N-dealkylation sites (tertiary alicyclic amines) is 1. The van der Waals surface area contributed by atoms with Crippen LogP contribution in [0, 0.1) is 6.92 Å². The molecule has 0 radical (unpaired) electrons. The highest BCUT2D eigenvalue weighted by Gasteiger charge is 2.46. The Morgan fingerprint density at radius 3 is 2.37 bits per heavy atom. The second-order valence-corrected chi connectivity index (χ2v) is 10.4. The van der Waals surface area contributed by atoms with Crippen LogP contribution in [0.3, 0.4) is 0 Å². The number of rotatable bonds is 13. The lowest BCUT2D eigenvalue weighted by molar-refractivity contribution is -0.140. The zero-order valence-corrected chi connectivity index (χ0v) is 24.6. The highest BCUT2D eigenvalue weighted by Crippen LogP contribution is 2.42. The molecule has 1 atom stereocenters. The average molecular weight is 567 g/mol. The molecule has 2 saturated heterocycles. The predicted molar refractivity (Wildman–Crippen MR) is 157 cm³/mol. The van der Waals surface area contributed by atoms with Crippen molar-refractivity contribution in [2.24, 2.45) is 0 Å². The van der Waals surface area contributed by atoms with Gasteiger partial charge in [0.05, 0.1) is 45.2 Å². The van der Waals surface area contributed by atoms with Crippen LogP contribution in [0.1, 0.15) is 55.8 Å². The van der Waals surface area contributed by atoms with Crippen molar-refractivity contribution in [3.63, 3.8) is 0 Å². The lowest BCUT2D eigenvalue weighted by atomic mass is 9.94. The van der Waals surface area contributed by atoms with E-state index < -0.39 is 17.7 Å². The first-order valence-corrected chi connectivity index (χ1v) is 14.5. The van der Waals surface area contributed by atoms with E-state index in [0.717, 1.165) is 37.9 Å². The number of benzene rings is 2.